The Morgan fingerprint density at radius 1 is 1.27 bits per heavy atom. The Kier molecular flexibility index (Phi) is 6.24. The van der Waals surface area contributed by atoms with Gasteiger partial charge in [0.05, 0.1) is 22.3 Å². The molecule has 0 bridgehead atoms. The molecule has 0 aliphatic rings. The molecule has 5 heteroatoms. The minimum atomic E-state index is -0.0928. The molecule has 4 nitrogen and oxygen atoms in total. The molecule has 0 saturated carbocycles. The van der Waals surface area contributed by atoms with Crippen LogP contribution < -0.4 is 10.1 Å². The minimum Gasteiger partial charge on any atom is -0.494 e. The van der Waals surface area contributed by atoms with Gasteiger partial charge in [0.25, 0.3) is 5.91 Å². The number of thiazole rings is 1. The van der Waals surface area contributed by atoms with Crippen molar-refractivity contribution < 1.29 is 9.53 Å². The van der Waals surface area contributed by atoms with Crippen molar-refractivity contribution >= 4 is 27.5 Å². The first-order chi connectivity index (χ1) is 12.8. The van der Waals surface area contributed by atoms with Crippen LogP contribution in [0.15, 0.2) is 48.0 Å². The van der Waals surface area contributed by atoms with Crippen molar-refractivity contribution in [3.63, 3.8) is 0 Å². The van der Waals surface area contributed by atoms with E-state index in [2.05, 4.69) is 22.1 Å². The van der Waals surface area contributed by atoms with Crippen molar-refractivity contribution in [2.45, 2.75) is 26.3 Å². The summed E-state index contributed by atoms with van der Waals surface area (Å²) in [7, 11) is 0. The Bertz CT molecular complexity index is 953. The second kappa shape index (κ2) is 9.02. The van der Waals surface area contributed by atoms with E-state index in [0.29, 0.717) is 18.7 Å². The van der Waals surface area contributed by atoms with Crippen molar-refractivity contribution in [1.82, 2.24) is 10.3 Å². The van der Waals surface area contributed by atoms with Crippen LogP contribution in [-0.4, -0.2) is 17.5 Å². The van der Waals surface area contributed by atoms with Gasteiger partial charge in [-0.25, -0.2) is 4.98 Å². The summed E-state index contributed by atoms with van der Waals surface area (Å²) in [4.78, 5) is 16.6. The number of aromatic nitrogens is 1. The smallest absolute Gasteiger partial charge is 0.251 e. The summed E-state index contributed by atoms with van der Waals surface area (Å²) in [5, 5.41) is 2.95. The van der Waals surface area contributed by atoms with Gasteiger partial charge in [0.2, 0.25) is 0 Å². The van der Waals surface area contributed by atoms with Crippen LogP contribution in [0.3, 0.4) is 0 Å². The summed E-state index contributed by atoms with van der Waals surface area (Å²) in [6.07, 6.45) is 1.75. The van der Waals surface area contributed by atoms with Crippen molar-refractivity contribution in [3.05, 3.63) is 59.1 Å². The van der Waals surface area contributed by atoms with Gasteiger partial charge < -0.3 is 10.1 Å². The normalized spacial score (nSPS) is 10.2. The number of carbonyl (C=O) groups is 1. The van der Waals surface area contributed by atoms with Gasteiger partial charge in [-0.05, 0) is 49.2 Å². The van der Waals surface area contributed by atoms with Crippen molar-refractivity contribution in [2.24, 2.45) is 0 Å². The highest BCUT2D eigenvalue weighted by Crippen LogP contribution is 2.19. The average molecular weight is 364 g/mol. The first-order valence-corrected chi connectivity index (χ1v) is 9.37. The Balaban J connectivity index is 1.54. The molecular formula is C21H20N2O2S. The summed E-state index contributed by atoms with van der Waals surface area (Å²) >= 11 is 1.53. The molecule has 0 atom stereocenters. The first kappa shape index (κ1) is 18.0. The number of nitrogens with zero attached hydrogens (tertiary/aromatic N) is 1. The van der Waals surface area contributed by atoms with Gasteiger partial charge in [-0.15, -0.1) is 23.2 Å². The van der Waals surface area contributed by atoms with E-state index in [9.17, 15) is 4.79 Å². The Hall–Kier alpha value is -2.84. The molecule has 26 heavy (non-hydrogen) atoms. The first-order valence-electron chi connectivity index (χ1n) is 8.49. The zero-order chi connectivity index (χ0) is 18.2. The Morgan fingerprint density at radius 3 is 3.08 bits per heavy atom. The number of unbranched alkanes of at least 4 members (excludes halogenated alkanes) is 1. The van der Waals surface area contributed by atoms with Gasteiger partial charge in [0.15, 0.2) is 0 Å². The number of hydrogen-bond donors (Lipinski definition) is 1. The zero-order valence-corrected chi connectivity index (χ0v) is 15.4. The molecule has 0 unspecified atom stereocenters. The van der Waals surface area contributed by atoms with Crippen LogP contribution in [0.25, 0.3) is 10.2 Å². The average Bonchev–Trinajstić information content (AvgIpc) is 3.14. The number of fused-ring (bicyclic) bond motifs is 1. The molecule has 3 rings (SSSR count). The maximum absolute atomic E-state index is 12.4. The number of rotatable bonds is 7. The van der Waals surface area contributed by atoms with E-state index in [1.54, 1.807) is 11.6 Å². The zero-order valence-electron chi connectivity index (χ0n) is 14.6. The number of carbonyl (C=O) groups excluding carboxylic acids is 1. The third-order valence-electron chi connectivity index (χ3n) is 3.84. The molecule has 1 N–H and O–H groups in total. The molecule has 1 aromatic heterocycles. The van der Waals surface area contributed by atoms with Crippen molar-refractivity contribution in [1.29, 1.82) is 0 Å². The maximum Gasteiger partial charge on any atom is 0.251 e. The van der Waals surface area contributed by atoms with E-state index in [4.69, 9.17) is 4.74 Å². The third-order valence-corrected chi connectivity index (χ3v) is 4.63. The number of hydrogen-bond acceptors (Lipinski definition) is 4. The molecule has 0 aliphatic carbocycles. The van der Waals surface area contributed by atoms with Crippen molar-refractivity contribution in [2.75, 3.05) is 6.61 Å². The maximum atomic E-state index is 12.4. The molecule has 132 valence electrons. The van der Waals surface area contributed by atoms with Crippen LogP contribution in [0.2, 0.25) is 0 Å². The lowest BCUT2D eigenvalue weighted by Gasteiger charge is -2.09. The number of amides is 1. The highest BCUT2D eigenvalue weighted by atomic mass is 32.1. The lowest BCUT2D eigenvalue weighted by atomic mass is 10.2. The number of nitrogens with one attached hydrogen (secondary N) is 1. The van der Waals surface area contributed by atoms with E-state index in [0.717, 1.165) is 34.4 Å². The molecule has 1 amide bonds. The molecule has 3 aromatic rings. The molecular weight excluding hydrogens is 344 g/mol. The van der Waals surface area contributed by atoms with Gasteiger partial charge in [-0.3, -0.25) is 4.79 Å². The van der Waals surface area contributed by atoms with Crippen molar-refractivity contribution in [3.8, 4) is 17.6 Å². The van der Waals surface area contributed by atoms with Crippen LogP contribution >= 0.6 is 11.3 Å². The number of benzene rings is 2. The second-order valence-corrected chi connectivity index (χ2v) is 6.63. The molecule has 0 saturated heterocycles. The van der Waals surface area contributed by atoms with E-state index in [-0.39, 0.29) is 5.91 Å². The number of ether oxygens (including phenoxy) is 1. The van der Waals surface area contributed by atoms with Crippen LogP contribution in [0.4, 0.5) is 0 Å². The molecule has 0 fully saturated rings. The molecule has 2 aromatic carbocycles. The van der Waals surface area contributed by atoms with Crippen LogP contribution in [0.5, 0.6) is 5.75 Å². The fraction of sp³-hybridized carbons (Fsp3) is 0.238. The lowest BCUT2D eigenvalue weighted by molar-refractivity contribution is 0.0951. The van der Waals surface area contributed by atoms with Crippen LogP contribution in [0, 0.1) is 11.8 Å². The standard InChI is InChI=1S/C21H20N2O2S/c1-2-3-4-5-11-25-18-8-6-7-16(12-18)14-22-21(24)17-9-10-19-20(13-17)26-15-23-19/h6-10,12-13,15H,4-5,11,14H2,1H3,(H,22,24). The van der Waals surface area contributed by atoms with E-state index < -0.39 is 0 Å². The van der Waals surface area contributed by atoms with Crippen LogP contribution in [0.1, 0.15) is 35.7 Å². The largest absolute Gasteiger partial charge is 0.494 e. The van der Waals surface area contributed by atoms with Gasteiger partial charge in [0, 0.05) is 18.5 Å². The van der Waals surface area contributed by atoms with Gasteiger partial charge >= 0.3 is 0 Å². The second-order valence-electron chi connectivity index (χ2n) is 5.74. The topological polar surface area (TPSA) is 51.2 Å². The van der Waals surface area contributed by atoms with Gasteiger partial charge in [-0.2, -0.15) is 0 Å². The van der Waals surface area contributed by atoms with Crippen LogP contribution in [-0.2, 0) is 6.54 Å². The third kappa shape index (κ3) is 4.84. The summed E-state index contributed by atoms with van der Waals surface area (Å²) in [5.41, 5.74) is 4.35. The molecule has 0 spiro atoms. The predicted octanol–water partition coefficient (Wildman–Crippen LogP) is 4.41. The summed E-state index contributed by atoms with van der Waals surface area (Å²) in [6, 6.07) is 13.3. The summed E-state index contributed by atoms with van der Waals surface area (Å²) in [6.45, 7) is 2.94. The lowest BCUT2D eigenvalue weighted by Crippen LogP contribution is -2.22. The quantitative estimate of drug-likeness (QED) is 0.499. The fourth-order valence-electron chi connectivity index (χ4n) is 2.50. The highest BCUT2D eigenvalue weighted by Gasteiger charge is 2.07. The van der Waals surface area contributed by atoms with Gasteiger partial charge in [0.1, 0.15) is 5.75 Å². The SMILES string of the molecule is CC#CCCCOc1cccc(CNC(=O)c2ccc3ncsc3c2)c1. The highest BCUT2D eigenvalue weighted by molar-refractivity contribution is 7.16. The molecule has 0 radical (unpaired) electrons. The minimum absolute atomic E-state index is 0.0928. The Labute approximate surface area is 157 Å². The van der Waals surface area contributed by atoms with E-state index in [1.807, 2.05) is 43.3 Å². The summed E-state index contributed by atoms with van der Waals surface area (Å²) < 4.78 is 6.75. The van der Waals surface area contributed by atoms with E-state index >= 15 is 0 Å². The van der Waals surface area contributed by atoms with E-state index in [1.165, 1.54) is 11.3 Å². The molecule has 0 aliphatic heterocycles. The fourth-order valence-corrected chi connectivity index (χ4v) is 3.22. The summed E-state index contributed by atoms with van der Waals surface area (Å²) in [5.74, 6) is 6.62. The monoisotopic (exact) mass is 364 g/mol. The Morgan fingerprint density at radius 2 is 2.19 bits per heavy atom. The molecule has 1 heterocycles. The predicted molar refractivity (Wildman–Crippen MR) is 105 cm³/mol. The van der Waals surface area contributed by atoms with Gasteiger partial charge in [-0.1, -0.05) is 12.1 Å².